The molecule has 1 fully saturated rings. The van der Waals surface area contributed by atoms with Crippen LogP contribution < -0.4 is 19.7 Å². The number of rotatable bonds is 7. The van der Waals surface area contributed by atoms with E-state index in [-0.39, 0.29) is 5.57 Å². The van der Waals surface area contributed by atoms with Crippen molar-refractivity contribution in [2.24, 2.45) is 0 Å². The van der Waals surface area contributed by atoms with Crippen LogP contribution in [0.3, 0.4) is 0 Å². The molecule has 1 N–H and O–H groups in total. The lowest BCUT2D eigenvalue weighted by molar-refractivity contribution is -0.122. The second kappa shape index (κ2) is 11.2. The van der Waals surface area contributed by atoms with Gasteiger partial charge in [0.1, 0.15) is 12.2 Å². The Morgan fingerprint density at radius 1 is 0.946 bits per heavy atom. The Kier molecular flexibility index (Phi) is 7.97. The minimum absolute atomic E-state index is 0.152. The van der Waals surface area contributed by atoms with Crippen LogP contribution in [0, 0.1) is 17.4 Å². The van der Waals surface area contributed by atoms with E-state index in [1.165, 1.54) is 24.3 Å². The van der Waals surface area contributed by atoms with Gasteiger partial charge in [0.25, 0.3) is 11.8 Å². The predicted molar refractivity (Wildman–Crippen MR) is 151 cm³/mol. The number of urea groups is 1. The van der Waals surface area contributed by atoms with Gasteiger partial charge < -0.3 is 9.47 Å². The van der Waals surface area contributed by atoms with Crippen molar-refractivity contribution in [2.45, 2.75) is 33.8 Å². The molecule has 0 saturated carbocycles. The Morgan fingerprint density at radius 2 is 1.65 bits per heavy atom. The Balaban J connectivity index is 1.62. The summed E-state index contributed by atoms with van der Waals surface area (Å²) >= 11 is 2.13. The van der Waals surface area contributed by atoms with Crippen molar-refractivity contribution in [2.75, 3.05) is 12.0 Å². The van der Waals surface area contributed by atoms with Crippen LogP contribution in [0.15, 0.2) is 60.2 Å². The average molecular weight is 610 g/mol. The lowest BCUT2D eigenvalue weighted by Gasteiger charge is -2.26. The number of ether oxygens (including phenoxy) is 2. The van der Waals surface area contributed by atoms with E-state index < -0.39 is 17.8 Å². The van der Waals surface area contributed by atoms with Crippen LogP contribution in [0.1, 0.15) is 34.7 Å². The Hall–Kier alpha value is -3.66. The van der Waals surface area contributed by atoms with E-state index in [9.17, 15) is 14.4 Å². The molecule has 1 aliphatic rings. The number of carbonyl (C=O) groups is 3. The topological polar surface area (TPSA) is 84.9 Å². The molecule has 0 spiro atoms. The third kappa shape index (κ3) is 5.69. The van der Waals surface area contributed by atoms with Gasteiger partial charge >= 0.3 is 6.03 Å². The number of barbiturate groups is 1. The van der Waals surface area contributed by atoms with Gasteiger partial charge in [0.2, 0.25) is 0 Å². The van der Waals surface area contributed by atoms with Crippen LogP contribution in [0.25, 0.3) is 6.08 Å². The molecule has 1 aliphatic heterocycles. The highest BCUT2D eigenvalue weighted by Gasteiger charge is 2.36. The maximum absolute atomic E-state index is 13.2. The summed E-state index contributed by atoms with van der Waals surface area (Å²) in [5.41, 5.74) is 5.31. The summed E-state index contributed by atoms with van der Waals surface area (Å²) in [4.78, 5) is 39.3. The fourth-order valence-electron chi connectivity index (χ4n) is 3.95. The summed E-state index contributed by atoms with van der Waals surface area (Å²) in [6.07, 6.45) is 2.28. The highest BCUT2D eigenvalue weighted by molar-refractivity contribution is 14.1. The van der Waals surface area contributed by atoms with Crippen molar-refractivity contribution >= 4 is 52.2 Å². The van der Waals surface area contributed by atoms with Crippen LogP contribution in [0.5, 0.6) is 11.5 Å². The first kappa shape index (κ1) is 26.4. The summed E-state index contributed by atoms with van der Waals surface area (Å²) in [5.74, 6) is -0.410. The van der Waals surface area contributed by atoms with Gasteiger partial charge in [-0.05, 0) is 101 Å². The lowest BCUT2D eigenvalue weighted by Crippen LogP contribution is -2.54. The minimum Gasteiger partial charge on any atom is -0.493 e. The molecule has 1 heterocycles. The van der Waals surface area contributed by atoms with Gasteiger partial charge in [0.05, 0.1) is 16.4 Å². The summed E-state index contributed by atoms with van der Waals surface area (Å²) in [7, 11) is 1.53. The molecule has 0 radical (unpaired) electrons. The molecule has 0 aromatic heterocycles. The zero-order valence-corrected chi connectivity index (χ0v) is 23.2. The summed E-state index contributed by atoms with van der Waals surface area (Å²) in [5, 5.41) is 2.26. The predicted octanol–water partition coefficient (Wildman–Crippen LogP) is 5.72. The second-order valence-electron chi connectivity index (χ2n) is 8.72. The number of halogens is 1. The molecule has 0 unspecified atom stereocenters. The first-order chi connectivity index (χ1) is 17.7. The first-order valence-electron chi connectivity index (χ1n) is 11.8. The van der Waals surface area contributed by atoms with E-state index in [0.717, 1.165) is 26.0 Å². The van der Waals surface area contributed by atoms with Crippen molar-refractivity contribution in [1.29, 1.82) is 0 Å². The number of methoxy groups -OCH3 is 1. The van der Waals surface area contributed by atoms with Crippen molar-refractivity contribution in [3.63, 3.8) is 0 Å². The number of amides is 4. The highest BCUT2D eigenvalue weighted by Crippen LogP contribution is 2.35. The SMILES string of the molecule is CCc1ccc(N2C(=O)NC(=O)/C(=C\c3cc(I)c(OCc4ccc(C)c(C)c4)c(OC)c3)C2=O)cc1. The van der Waals surface area contributed by atoms with Gasteiger partial charge in [0, 0.05) is 0 Å². The molecule has 3 aromatic rings. The monoisotopic (exact) mass is 610 g/mol. The molecule has 7 nitrogen and oxygen atoms in total. The van der Waals surface area contributed by atoms with Crippen molar-refractivity contribution < 1.29 is 23.9 Å². The molecule has 0 atom stereocenters. The Labute approximate surface area is 229 Å². The molecule has 190 valence electrons. The van der Waals surface area contributed by atoms with Crippen molar-refractivity contribution in [1.82, 2.24) is 5.32 Å². The van der Waals surface area contributed by atoms with Crippen LogP contribution in [0.2, 0.25) is 0 Å². The van der Waals surface area contributed by atoms with Crippen molar-refractivity contribution in [3.05, 3.63) is 91.6 Å². The number of anilines is 1. The zero-order valence-electron chi connectivity index (χ0n) is 21.1. The van der Waals surface area contributed by atoms with Crippen molar-refractivity contribution in [3.8, 4) is 11.5 Å². The number of imide groups is 2. The van der Waals surface area contributed by atoms with Gasteiger partial charge in [-0.15, -0.1) is 0 Å². The number of carbonyl (C=O) groups excluding carboxylic acids is 3. The van der Waals surface area contributed by atoms with E-state index in [4.69, 9.17) is 9.47 Å². The van der Waals surface area contributed by atoms with Crippen LogP contribution in [0.4, 0.5) is 10.5 Å². The maximum atomic E-state index is 13.2. The van der Waals surface area contributed by atoms with E-state index in [1.54, 1.807) is 24.3 Å². The standard InChI is InChI=1S/C29H27IN2O5/c1-5-19-8-10-22(11-9-19)32-28(34)23(27(33)31-29(32)35)13-21-14-24(30)26(25(15-21)36-4)37-16-20-7-6-17(2)18(3)12-20/h6-15H,5,16H2,1-4H3,(H,31,33,35)/b23-13+. The van der Waals surface area contributed by atoms with Crippen LogP contribution in [-0.2, 0) is 22.6 Å². The molecule has 8 heteroatoms. The van der Waals surface area contributed by atoms with Gasteiger partial charge in [-0.25, -0.2) is 9.69 Å². The molecular weight excluding hydrogens is 583 g/mol. The third-order valence-electron chi connectivity index (χ3n) is 6.22. The molecule has 4 rings (SSSR count). The Morgan fingerprint density at radius 3 is 2.30 bits per heavy atom. The molecule has 3 aromatic carbocycles. The quantitative estimate of drug-likeness (QED) is 0.210. The first-order valence-corrected chi connectivity index (χ1v) is 12.9. The fraction of sp³-hybridized carbons (Fsp3) is 0.207. The largest absolute Gasteiger partial charge is 0.493 e. The van der Waals surface area contributed by atoms with Gasteiger partial charge in [-0.1, -0.05) is 37.3 Å². The normalized spacial score (nSPS) is 14.7. The fourth-order valence-corrected chi connectivity index (χ4v) is 4.73. The number of hydrogen-bond acceptors (Lipinski definition) is 5. The lowest BCUT2D eigenvalue weighted by atomic mass is 10.1. The number of hydrogen-bond donors (Lipinski definition) is 1. The molecule has 0 aliphatic carbocycles. The smallest absolute Gasteiger partial charge is 0.335 e. The molecular formula is C29H27IN2O5. The van der Waals surface area contributed by atoms with Gasteiger partial charge in [-0.3, -0.25) is 14.9 Å². The van der Waals surface area contributed by atoms with E-state index in [0.29, 0.717) is 29.4 Å². The molecule has 37 heavy (non-hydrogen) atoms. The summed E-state index contributed by atoms with van der Waals surface area (Å²) in [6.45, 7) is 6.50. The molecule has 4 amide bonds. The minimum atomic E-state index is -0.779. The van der Waals surface area contributed by atoms with E-state index >= 15 is 0 Å². The number of aryl methyl sites for hydroxylation is 3. The number of nitrogens with zero attached hydrogens (tertiary/aromatic N) is 1. The van der Waals surface area contributed by atoms with Gasteiger partial charge in [-0.2, -0.15) is 0 Å². The van der Waals surface area contributed by atoms with Gasteiger partial charge in [0.15, 0.2) is 11.5 Å². The number of nitrogens with one attached hydrogen (secondary N) is 1. The Bertz CT molecular complexity index is 1410. The molecule has 0 bridgehead atoms. The summed E-state index contributed by atoms with van der Waals surface area (Å²) in [6, 6.07) is 16.0. The average Bonchev–Trinajstić information content (AvgIpc) is 2.88. The van der Waals surface area contributed by atoms with Crippen LogP contribution >= 0.6 is 22.6 Å². The zero-order chi connectivity index (χ0) is 26.7. The maximum Gasteiger partial charge on any atom is 0.335 e. The summed E-state index contributed by atoms with van der Waals surface area (Å²) < 4.78 is 12.4. The van der Waals surface area contributed by atoms with E-state index in [2.05, 4.69) is 53.9 Å². The van der Waals surface area contributed by atoms with E-state index in [1.807, 2.05) is 25.1 Å². The number of benzene rings is 3. The third-order valence-corrected chi connectivity index (χ3v) is 7.02. The second-order valence-corrected chi connectivity index (χ2v) is 9.88. The highest BCUT2D eigenvalue weighted by atomic mass is 127. The van der Waals surface area contributed by atoms with Crippen LogP contribution in [-0.4, -0.2) is 25.0 Å². The molecule has 1 saturated heterocycles.